The van der Waals surface area contributed by atoms with Gasteiger partial charge in [-0.15, -0.1) is 0 Å². The first-order chi connectivity index (χ1) is 9.86. The Hall–Kier alpha value is -0.990. The van der Waals surface area contributed by atoms with Gasteiger partial charge in [0.2, 0.25) is 0 Å². The minimum atomic E-state index is -5.99. The Balaban J connectivity index is 3.34. The molecule has 2 N–H and O–H groups in total. The highest BCUT2D eigenvalue weighted by atomic mass is 35.5. The van der Waals surface area contributed by atoms with E-state index in [0.29, 0.717) is 0 Å². The van der Waals surface area contributed by atoms with Gasteiger partial charge in [-0.2, -0.15) is 26.3 Å². The van der Waals surface area contributed by atoms with E-state index in [2.05, 4.69) is 0 Å². The zero-order valence-electron chi connectivity index (χ0n) is 11.2. The summed E-state index contributed by atoms with van der Waals surface area (Å²) in [4.78, 5) is 0. The number of aliphatic hydroxyl groups is 2. The van der Waals surface area contributed by atoms with Crippen molar-refractivity contribution < 1.29 is 36.6 Å². The smallest absolute Gasteiger partial charge is 0.388 e. The second-order valence-corrected chi connectivity index (χ2v) is 5.21. The number of halogens is 7. The fourth-order valence-corrected chi connectivity index (χ4v) is 2.35. The van der Waals surface area contributed by atoms with Gasteiger partial charge in [0.05, 0.1) is 6.10 Å². The van der Waals surface area contributed by atoms with Crippen molar-refractivity contribution in [2.45, 2.75) is 37.4 Å². The van der Waals surface area contributed by atoms with Crippen LogP contribution >= 0.6 is 11.6 Å². The first-order valence-corrected chi connectivity index (χ1v) is 6.53. The summed E-state index contributed by atoms with van der Waals surface area (Å²) in [5, 5.41) is 19.5. The van der Waals surface area contributed by atoms with Gasteiger partial charge in [-0.3, -0.25) is 0 Å². The number of alkyl halides is 6. The average Bonchev–Trinajstić information content (AvgIpc) is 2.37. The van der Waals surface area contributed by atoms with Crippen molar-refractivity contribution in [3.8, 4) is 0 Å². The summed E-state index contributed by atoms with van der Waals surface area (Å²) >= 11 is 5.57. The molecule has 0 aliphatic rings. The van der Waals surface area contributed by atoms with Gasteiger partial charge in [0.25, 0.3) is 5.60 Å². The molecule has 2 unspecified atom stereocenters. The van der Waals surface area contributed by atoms with Crippen molar-refractivity contribution in [3.63, 3.8) is 0 Å². The highest BCUT2D eigenvalue weighted by Crippen LogP contribution is 2.52. The minimum absolute atomic E-state index is 0.200. The molecule has 9 heteroatoms. The molecule has 0 radical (unpaired) electrons. The van der Waals surface area contributed by atoms with Crippen LogP contribution in [0.1, 0.15) is 25.0 Å². The van der Waals surface area contributed by atoms with Crippen LogP contribution in [0.15, 0.2) is 24.3 Å². The molecular formula is C13H13ClF6O2. The van der Waals surface area contributed by atoms with Crippen molar-refractivity contribution in [1.29, 1.82) is 0 Å². The van der Waals surface area contributed by atoms with Gasteiger partial charge in [0, 0.05) is 10.9 Å². The molecule has 1 rings (SSSR count). The average molecular weight is 351 g/mol. The summed E-state index contributed by atoms with van der Waals surface area (Å²) in [6, 6.07) is 4.63. The quantitative estimate of drug-likeness (QED) is 0.797. The molecular weight excluding hydrogens is 338 g/mol. The van der Waals surface area contributed by atoms with Crippen LogP contribution in [-0.2, 0) is 0 Å². The molecule has 0 saturated carbocycles. The van der Waals surface area contributed by atoms with E-state index in [4.69, 9.17) is 11.6 Å². The topological polar surface area (TPSA) is 40.5 Å². The summed E-state index contributed by atoms with van der Waals surface area (Å²) < 4.78 is 77.3. The molecule has 0 saturated heterocycles. The fourth-order valence-electron chi connectivity index (χ4n) is 2.22. The summed E-state index contributed by atoms with van der Waals surface area (Å²) in [6.07, 6.45) is -14.9. The number of hydrogen-bond acceptors (Lipinski definition) is 2. The second kappa shape index (κ2) is 6.25. The van der Waals surface area contributed by atoms with Crippen molar-refractivity contribution in [3.05, 3.63) is 34.9 Å². The molecule has 126 valence electrons. The molecule has 2 atom stereocenters. The van der Waals surface area contributed by atoms with Gasteiger partial charge in [-0.05, 0) is 24.1 Å². The molecule has 1 aromatic rings. The van der Waals surface area contributed by atoms with Crippen LogP contribution in [0.5, 0.6) is 0 Å². The normalized spacial score (nSPS) is 16.5. The summed E-state index contributed by atoms with van der Waals surface area (Å²) in [5.74, 6) is -2.52. The van der Waals surface area contributed by atoms with Crippen LogP contribution in [-0.4, -0.2) is 28.2 Å². The van der Waals surface area contributed by atoms with Crippen LogP contribution in [0.4, 0.5) is 26.3 Å². The largest absolute Gasteiger partial charge is 0.426 e. The first-order valence-electron chi connectivity index (χ1n) is 6.15. The zero-order chi connectivity index (χ0) is 17.3. The Kier molecular flexibility index (Phi) is 5.42. The number of rotatable bonds is 4. The molecule has 0 heterocycles. The third-order valence-electron chi connectivity index (χ3n) is 3.43. The number of aliphatic hydroxyl groups excluding tert-OH is 1. The lowest BCUT2D eigenvalue weighted by Crippen LogP contribution is -2.62. The third kappa shape index (κ3) is 3.33. The van der Waals surface area contributed by atoms with Crippen molar-refractivity contribution in [1.82, 2.24) is 0 Å². The zero-order valence-corrected chi connectivity index (χ0v) is 12.0. The fraction of sp³-hybridized carbons (Fsp3) is 0.538. The standard InChI is InChI=1S/C13H13ClF6O2/c1-2-9(10(21)7-3-5-8(14)6-4-7)11(22,12(15,16)17)13(18,19)20/h3-6,9-10,21-22H,2H2,1H3. The van der Waals surface area contributed by atoms with E-state index in [1.165, 1.54) is 12.1 Å². The van der Waals surface area contributed by atoms with Gasteiger partial charge in [0.15, 0.2) is 0 Å². The van der Waals surface area contributed by atoms with E-state index in [9.17, 15) is 36.6 Å². The van der Waals surface area contributed by atoms with Crippen molar-refractivity contribution in [2.24, 2.45) is 5.92 Å². The molecule has 0 aromatic heterocycles. The Morgan fingerprint density at radius 3 is 1.73 bits per heavy atom. The van der Waals surface area contributed by atoms with Crippen LogP contribution in [0.2, 0.25) is 5.02 Å². The van der Waals surface area contributed by atoms with Crippen molar-refractivity contribution >= 4 is 11.6 Å². The highest BCUT2D eigenvalue weighted by Gasteiger charge is 2.74. The van der Waals surface area contributed by atoms with Gasteiger partial charge in [0.1, 0.15) is 0 Å². The summed E-state index contributed by atoms with van der Waals surface area (Å²) in [5.41, 5.74) is -5.23. The Labute approximate surface area is 127 Å². The van der Waals surface area contributed by atoms with Crippen LogP contribution in [0.25, 0.3) is 0 Å². The molecule has 22 heavy (non-hydrogen) atoms. The lowest BCUT2D eigenvalue weighted by molar-refractivity contribution is -0.392. The maximum atomic E-state index is 12.9. The second-order valence-electron chi connectivity index (χ2n) is 4.77. The van der Waals surface area contributed by atoms with Gasteiger partial charge in [-0.25, -0.2) is 0 Å². The predicted octanol–water partition coefficient (Wildman–Crippen LogP) is 4.26. The molecule has 0 fully saturated rings. The summed E-state index contributed by atoms with van der Waals surface area (Å²) in [6.45, 7) is 1.02. The first kappa shape index (κ1) is 19.1. The Morgan fingerprint density at radius 1 is 1.00 bits per heavy atom. The minimum Gasteiger partial charge on any atom is -0.388 e. The molecule has 2 nitrogen and oxygen atoms in total. The van der Waals surface area contributed by atoms with E-state index in [-0.39, 0.29) is 10.6 Å². The predicted molar refractivity (Wildman–Crippen MR) is 67.3 cm³/mol. The molecule has 0 spiro atoms. The van der Waals surface area contributed by atoms with Crippen LogP contribution in [0, 0.1) is 5.92 Å². The number of benzene rings is 1. The Morgan fingerprint density at radius 2 is 1.41 bits per heavy atom. The molecule has 0 amide bonds. The Bertz CT molecular complexity index is 483. The molecule has 0 bridgehead atoms. The van der Waals surface area contributed by atoms with Crippen LogP contribution in [0.3, 0.4) is 0 Å². The van der Waals surface area contributed by atoms with E-state index in [1.54, 1.807) is 0 Å². The number of hydrogen-bond donors (Lipinski definition) is 2. The third-order valence-corrected chi connectivity index (χ3v) is 3.69. The van der Waals surface area contributed by atoms with Gasteiger partial charge in [-0.1, -0.05) is 30.7 Å². The molecule has 1 aromatic carbocycles. The van der Waals surface area contributed by atoms with Crippen molar-refractivity contribution in [2.75, 3.05) is 0 Å². The monoisotopic (exact) mass is 350 g/mol. The van der Waals surface area contributed by atoms with E-state index >= 15 is 0 Å². The van der Waals surface area contributed by atoms with Gasteiger partial charge >= 0.3 is 12.4 Å². The molecule has 0 aliphatic carbocycles. The van der Waals surface area contributed by atoms with E-state index < -0.39 is 36.4 Å². The summed E-state index contributed by atoms with van der Waals surface area (Å²) in [7, 11) is 0. The van der Waals surface area contributed by atoms with E-state index in [0.717, 1.165) is 19.1 Å². The van der Waals surface area contributed by atoms with Gasteiger partial charge < -0.3 is 10.2 Å². The lowest BCUT2D eigenvalue weighted by atomic mass is 9.78. The van der Waals surface area contributed by atoms with E-state index in [1.807, 2.05) is 0 Å². The van der Waals surface area contributed by atoms with Crippen LogP contribution < -0.4 is 0 Å². The SMILES string of the molecule is CCC(C(O)c1ccc(Cl)cc1)C(O)(C(F)(F)F)C(F)(F)F. The highest BCUT2D eigenvalue weighted by molar-refractivity contribution is 6.30. The lowest BCUT2D eigenvalue weighted by Gasteiger charge is -2.40. The maximum Gasteiger partial charge on any atom is 0.426 e. The maximum absolute atomic E-state index is 12.9. The molecule has 0 aliphatic heterocycles.